The molecule has 0 spiro atoms. The number of carbonyl (C=O) groups excluding carboxylic acids is 1. The molecular weight excluding hydrogens is 392 g/mol. The molecule has 0 aliphatic heterocycles. The van der Waals surface area contributed by atoms with Gasteiger partial charge in [0.15, 0.2) is 22.4 Å². The first kappa shape index (κ1) is 23.4. The highest BCUT2D eigenvalue weighted by atomic mass is 28.4. The summed E-state index contributed by atoms with van der Waals surface area (Å²) in [6.07, 6.45) is 6.44. The summed E-state index contributed by atoms with van der Waals surface area (Å²) in [5.74, 6) is 1.92. The second kappa shape index (κ2) is 7.42. The Balaban J connectivity index is 1.99. The number of ketones is 1. The van der Waals surface area contributed by atoms with Crippen LogP contribution in [0.4, 0.5) is 0 Å². The smallest absolute Gasteiger partial charge is 0.192 e. The van der Waals surface area contributed by atoms with Crippen LogP contribution in [-0.2, 0) is 13.6 Å². The van der Waals surface area contributed by atoms with Gasteiger partial charge < -0.3 is 8.85 Å². The van der Waals surface area contributed by atoms with E-state index < -0.39 is 16.6 Å². The largest absolute Gasteiger partial charge is 0.414 e. The lowest BCUT2D eigenvalue weighted by Gasteiger charge is -2.56. The van der Waals surface area contributed by atoms with Crippen molar-refractivity contribution in [3.05, 3.63) is 11.6 Å². The molecule has 0 amide bonds. The Morgan fingerprint density at radius 1 is 1.07 bits per heavy atom. The molecular formula is C24H44O3Si2. The molecule has 0 aromatic heterocycles. The van der Waals surface area contributed by atoms with E-state index in [0.717, 1.165) is 6.42 Å². The first-order chi connectivity index (χ1) is 13.1. The topological polar surface area (TPSA) is 35.5 Å². The van der Waals surface area contributed by atoms with E-state index in [1.807, 2.05) is 6.08 Å². The molecule has 6 atom stereocenters. The molecule has 0 radical (unpaired) electrons. The number of hydrogen-bond acceptors (Lipinski definition) is 3. The molecule has 0 saturated heterocycles. The minimum Gasteiger partial charge on any atom is -0.414 e. The van der Waals surface area contributed by atoms with Gasteiger partial charge in [0.25, 0.3) is 0 Å². The first-order valence-corrected chi connectivity index (χ1v) is 18.0. The highest BCUT2D eigenvalue weighted by Crippen LogP contribution is 2.60. The molecule has 3 aliphatic carbocycles. The van der Waals surface area contributed by atoms with Crippen LogP contribution in [0.1, 0.15) is 60.3 Å². The van der Waals surface area contributed by atoms with Crippen LogP contribution < -0.4 is 0 Å². The van der Waals surface area contributed by atoms with Gasteiger partial charge >= 0.3 is 0 Å². The maximum Gasteiger partial charge on any atom is 0.192 e. The van der Waals surface area contributed by atoms with Crippen molar-refractivity contribution >= 4 is 22.4 Å². The van der Waals surface area contributed by atoms with E-state index in [1.54, 1.807) is 0 Å². The quantitative estimate of drug-likeness (QED) is 0.468. The van der Waals surface area contributed by atoms with Crippen LogP contribution in [-0.4, -0.2) is 34.6 Å². The Kier molecular flexibility index (Phi) is 6.00. The van der Waals surface area contributed by atoms with Crippen LogP contribution >= 0.6 is 0 Å². The molecule has 0 N–H and O–H groups in total. The van der Waals surface area contributed by atoms with E-state index in [4.69, 9.17) is 8.85 Å². The van der Waals surface area contributed by atoms with Crippen molar-refractivity contribution in [2.24, 2.45) is 23.2 Å². The summed E-state index contributed by atoms with van der Waals surface area (Å²) in [5, 5.41) is 0.164. The van der Waals surface area contributed by atoms with E-state index in [-0.39, 0.29) is 16.6 Å². The van der Waals surface area contributed by atoms with Crippen molar-refractivity contribution in [2.75, 3.05) is 0 Å². The molecule has 3 aliphatic rings. The third kappa shape index (κ3) is 4.39. The van der Waals surface area contributed by atoms with E-state index in [0.29, 0.717) is 36.1 Å². The van der Waals surface area contributed by atoms with E-state index in [2.05, 4.69) is 67.4 Å². The van der Waals surface area contributed by atoms with Gasteiger partial charge in [0.1, 0.15) is 0 Å². The van der Waals surface area contributed by atoms with Crippen molar-refractivity contribution in [3.63, 3.8) is 0 Å². The van der Waals surface area contributed by atoms with E-state index >= 15 is 0 Å². The van der Waals surface area contributed by atoms with Crippen molar-refractivity contribution < 1.29 is 13.6 Å². The van der Waals surface area contributed by atoms with E-state index in [9.17, 15) is 4.79 Å². The van der Waals surface area contributed by atoms with Crippen LogP contribution in [0, 0.1) is 23.2 Å². The Bertz CT molecular complexity index is 685. The molecule has 29 heavy (non-hydrogen) atoms. The fourth-order valence-corrected chi connectivity index (χ4v) is 8.36. The minimum atomic E-state index is -1.93. The van der Waals surface area contributed by atoms with Gasteiger partial charge in [-0.05, 0) is 86.4 Å². The lowest BCUT2D eigenvalue weighted by molar-refractivity contribution is -0.118. The summed E-state index contributed by atoms with van der Waals surface area (Å²) >= 11 is 0. The lowest BCUT2D eigenvalue weighted by atomic mass is 9.53. The monoisotopic (exact) mass is 436 g/mol. The fraction of sp³-hybridized carbons (Fsp3) is 0.875. The maximum absolute atomic E-state index is 12.6. The molecule has 0 heterocycles. The normalized spacial score (nSPS) is 38.5. The molecule has 0 aromatic rings. The van der Waals surface area contributed by atoms with Gasteiger partial charge in [-0.15, -0.1) is 0 Å². The third-order valence-corrected chi connectivity index (χ3v) is 13.8. The summed E-state index contributed by atoms with van der Waals surface area (Å²) in [6.45, 7) is 23.2. The predicted molar refractivity (Wildman–Crippen MR) is 126 cm³/mol. The molecule has 0 unspecified atom stereocenters. The van der Waals surface area contributed by atoms with Gasteiger partial charge in [-0.3, -0.25) is 4.79 Å². The summed E-state index contributed by atoms with van der Waals surface area (Å²) in [4.78, 5) is 12.6. The molecule has 5 heteroatoms. The van der Waals surface area contributed by atoms with Crippen molar-refractivity contribution in [1.82, 2.24) is 0 Å². The zero-order chi connectivity index (χ0) is 22.0. The van der Waals surface area contributed by atoms with Crippen LogP contribution in [0.3, 0.4) is 0 Å². The third-order valence-electron chi connectivity index (χ3n) is 8.33. The van der Waals surface area contributed by atoms with Gasteiger partial charge in [-0.25, -0.2) is 0 Å². The van der Waals surface area contributed by atoms with Crippen molar-refractivity contribution in [3.8, 4) is 0 Å². The average molecular weight is 437 g/mol. The predicted octanol–water partition coefficient (Wildman–Crippen LogP) is 6.57. The second-order valence-corrected chi connectivity index (χ2v) is 22.0. The zero-order valence-electron chi connectivity index (χ0n) is 20.5. The van der Waals surface area contributed by atoms with Crippen LogP contribution in [0.5, 0.6) is 0 Å². The number of fused-ring (bicyclic) bond motifs is 3. The Morgan fingerprint density at radius 3 is 2.24 bits per heavy atom. The van der Waals surface area contributed by atoms with Gasteiger partial charge in [-0.2, -0.15) is 0 Å². The minimum absolute atomic E-state index is 0.0474. The van der Waals surface area contributed by atoms with Gasteiger partial charge in [0, 0.05) is 11.8 Å². The SMILES string of the molecule is C[C@@H]1CC[C@H]2[C@@H](C[C@@H](O[Si](C)(C)C(C)(C)C)C3=CC(=O)C[C@@]32C)[C@@H]1O[Si](C)(C)C. The Hall–Kier alpha value is -0.236. The molecule has 0 aromatic carbocycles. The first-order valence-electron chi connectivity index (χ1n) is 11.7. The van der Waals surface area contributed by atoms with Crippen molar-refractivity contribution in [2.45, 2.75) is 110 Å². The molecule has 2 fully saturated rings. The fourth-order valence-electron chi connectivity index (χ4n) is 5.85. The number of rotatable bonds is 4. The average Bonchev–Trinajstić information content (AvgIpc) is 2.83. The highest BCUT2D eigenvalue weighted by Gasteiger charge is 2.58. The zero-order valence-corrected chi connectivity index (χ0v) is 22.5. The number of hydrogen-bond donors (Lipinski definition) is 0. The van der Waals surface area contributed by atoms with Crippen LogP contribution in [0.15, 0.2) is 11.6 Å². The van der Waals surface area contributed by atoms with E-state index in [1.165, 1.54) is 18.4 Å². The van der Waals surface area contributed by atoms with Crippen LogP contribution in [0.2, 0.25) is 37.8 Å². The van der Waals surface area contributed by atoms with Crippen molar-refractivity contribution in [1.29, 1.82) is 0 Å². The molecule has 3 nitrogen and oxygen atoms in total. The van der Waals surface area contributed by atoms with Crippen LogP contribution in [0.25, 0.3) is 0 Å². The lowest BCUT2D eigenvalue weighted by Crippen LogP contribution is -2.56. The maximum atomic E-state index is 12.6. The van der Waals surface area contributed by atoms with Gasteiger partial charge in [-0.1, -0.05) is 34.6 Å². The summed E-state index contributed by atoms with van der Waals surface area (Å²) in [6, 6.07) is 0. The van der Waals surface area contributed by atoms with Gasteiger partial charge in [0.2, 0.25) is 0 Å². The summed E-state index contributed by atoms with van der Waals surface area (Å²) < 4.78 is 13.8. The summed E-state index contributed by atoms with van der Waals surface area (Å²) in [5.41, 5.74) is 1.25. The molecule has 166 valence electrons. The molecule has 3 rings (SSSR count). The number of carbonyl (C=O) groups is 1. The standard InChI is InChI=1S/C24H44O3Si2/c1-16-11-12-19-18(22(16)27-28(6,7)8)14-21(26-29(9,10)23(2,3)4)20-13-17(25)15-24(19,20)5/h13,16,18-19,21-22H,11-12,14-15H2,1-10H3/t16-,18-,19+,21-,22-,24-/m1/s1. The Morgan fingerprint density at radius 2 is 1.69 bits per heavy atom. The number of allylic oxidation sites excluding steroid dienone is 1. The second-order valence-electron chi connectivity index (χ2n) is 12.8. The Labute approximate surface area is 181 Å². The van der Waals surface area contributed by atoms with Gasteiger partial charge in [0.05, 0.1) is 12.2 Å². The highest BCUT2D eigenvalue weighted by molar-refractivity contribution is 6.74. The summed E-state index contributed by atoms with van der Waals surface area (Å²) in [7, 11) is -3.58. The molecule has 2 saturated carbocycles. The molecule has 0 bridgehead atoms.